The fraction of sp³-hybridized carbons (Fsp3) is 0.529. The van der Waals surface area contributed by atoms with E-state index in [2.05, 4.69) is 48.2 Å². The number of likely N-dealkylation sites (tertiary alicyclic amines) is 2. The lowest BCUT2D eigenvalue weighted by atomic mass is 9.53. The molecule has 0 saturated carbocycles. The Balaban J connectivity index is 1.19. The molecule has 10 atom stereocenters. The van der Waals surface area contributed by atoms with Crippen molar-refractivity contribution in [1.29, 1.82) is 0 Å². The largest absolute Gasteiger partial charge is 0.504 e. The molecule has 2 saturated heterocycles. The molecule has 2 aromatic carbocycles. The van der Waals surface area contributed by atoms with Crippen molar-refractivity contribution in [2.45, 2.75) is 73.0 Å². The highest BCUT2D eigenvalue weighted by Gasteiger charge is 2.66. The average Bonchev–Trinajstić information content (AvgIpc) is 3.52. The summed E-state index contributed by atoms with van der Waals surface area (Å²) in [5.41, 5.74) is 4.66. The maximum Gasteiger partial charge on any atom is 0.166 e. The van der Waals surface area contributed by atoms with E-state index in [1.807, 2.05) is 12.2 Å². The van der Waals surface area contributed by atoms with Gasteiger partial charge in [0.05, 0.1) is 0 Å². The average molecular weight is 569 g/mol. The Bertz CT molecular complexity index is 1550. The van der Waals surface area contributed by atoms with Crippen molar-refractivity contribution in [1.82, 2.24) is 9.80 Å². The summed E-state index contributed by atoms with van der Waals surface area (Å²) in [6.45, 7) is 1.82. The number of phenols is 2. The molecule has 0 aromatic heterocycles. The van der Waals surface area contributed by atoms with Crippen molar-refractivity contribution in [2.75, 3.05) is 27.2 Å². The predicted molar refractivity (Wildman–Crippen MR) is 154 cm³/mol. The van der Waals surface area contributed by atoms with Crippen LogP contribution in [0.5, 0.6) is 23.0 Å². The number of phenolic OH excluding ortho intramolecular Hbond substituents is 2. The Labute approximate surface area is 244 Å². The van der Waals surface area contributed by atoms with Gasteiger partial charge in [-0.3, -0.25) is 0 Å². The van der Waals surface area contributed by atoms with E-state index in [1.54, 1.807) is 0 Å². The van der Waals surface area contributed by atoms with Crippen LogP contribution in [-0.2, 0) is 23.7 Å². The van der Waals surface area contributed by atoms with Gasteiger partial charge in [0.1, 0.15) is 24.4 Å². The summed E-state index contributed by atoms with van der Waals surface area (Å²) < 4.78 is 13.1. The SMILES string of the molecule is CN1CC[C@]23c4c5cc(-c6cc7c8c(c6O)OC6C(O)C=C[C@H]9[C@@H](C7)N(C)CC[C@]869)c(O)c4OC2C(O)C=C[C@H]3[C@H]1C5. The molecule has 0 amide bonds. The van der Waals surface area contributed by atoms with Crippen molar-refractivity contribution < 1.29 is 29.9 Å². The van der Waals surface area contributed by atoms with E-state index in [-0.39, 0.29) is 46.2 Å². The zero-order valence-electron chi connectivity index (χ0n) is 23.8. The molecule has 8 nitrogen and oxygen atoms in total. The highest BCUT2D eigenvalue weighted by Crippen LogP contribution is 2.67. The molecule has 4 aliphatic carbocycles. The first-order valence-corrected chi connectivity index (χ1v) is 15.5. The van der Waals surface area contributed by atoms with Crippen LogP contribution >= 0.6 is 0 Å². The maximum atomic E-state index is 11.9. The summed E-state index contributed by atoms with van der Waals surface area (Å²) in [6.07, 6.45) is 9.02. The van der Waals surface area contributed by atoms with Crippen LogP contribution in [-0.4, -0.2) is 93.9 Å². The standard InChI is InChI=1S/C34H36N2O6/c1-35-9-7-33-19-3-5-23(37)31(33)41-29-25(33)15(13-21(19)35)11-17(27(29)39)18-12-16-14-22-20-4-6-24(38)32-34(20,8-10-36(22)2)26(16)30(42-32)28(18)40/h3-6,11-12,19-24,31-32,37-40H,7-10,13-14H2,1-2H3/t19-,20-,21+,22+,23?,24?,31?,32?,33-,34-/m0/s1. The molecule has 42 heavy (non-hydrogen) atoms. The molecular formula is C34H36N2O6. The van der Waals surface area contributed by atoms with Crippen LogP contribution in [0, 0.1) is 11.8 Å². The number of aliphatic hydroxyl groups excluding tert-OH is 2. The number of aliphatic hydroxyl groups is 2. The molecule has 8 heteroatoms. The molecule has 10 rings (SSSR count). The van der Waals surface area contributed by atoms with Crippen LogP contribution in [0.15, 0.2) is 36.4 Å². The molecule has 2 fully saturated rings. The normalized spacial score (nSPS) is 43.0. The second-order valence-electron chi connectivity index (χ2n) is 14.2. The Morgan fingerprint density at radius 3 is 1.55 bits per heavy atom. The summed E-state index contributed by atoms with van der Waals surface area (Å²) in [7, 11) is 4.35. The van der Waals surface area contributed by atoms with Crippen molar-refractivity contribution >= 4 is 0 Å². The van der Waals surface area contributed by atoms with Crippen molar-refractivity contribution in [3.63, 3.8) is 0 Å². The molecule has 4 bridgehead atoms. The van der Waals surface area contributed by atoms with Gasteiger partial charge in [0.2, 0.25) is 0 Å². The molecule has 4 unspecified atom stereocenters. The van der Waals surface area contributed by atoms with Gasteiger partial charge < -0.3 is 39.7 Å². The summed E-state index contributed by atoms with van der Waals surface area (Å²) in [6, 6.07) is 4.65. The lowest BCUT2D eigenvalue weighted by molar-refractivity contribution is -0.0453. The van der Waals surface area contributed by atoms with E-state index < -0.39 is 24.4 Å². The summed E-state index contributed by atoms with van der Waals surface area (Å²) in [4.78, 5) is 4.83. The van der Waals surface area contributed by atoms with Gasteiger partial charge in [0.15, 0.2) is 23.0 Å². The van der Waals surface area contributed by atoms with E-state index in [9.17, 15) is 20.4 Å². The third-order valence-electron chi connectivity index (χ3n) is 12.8. The van der Waals surface area contributed by atoms with Gasteiger partial charge in [-0.05, 0) is 76.1 Å². The van der Waals surface area contributed by atoms with Gasteiger partial charge in [-0.15, -0.1) is 0 Å². The molecule has 2 aromatic rings. The van der Waals surface area contributed by atoms with Gasteiger partial charge in [-0.25, -0.2) is 0 Å². The molecule has 218 valence electrons. The fourth-order valence-electron chi connectivity index (χ4n) is 11.0. The Kier molecular flexibility index (Phi) is 4.38. The lowest BCUT2D eigenvalue weighted by Crippen LogP contribution is -2.64. The van der Waals surface area contributed by atoms with Crippen LogP contribution < -0.4 is 9.47 Å². The molecule has 2 spiro atoms. The van der Waals surface area contributed by atoms with E-state index in [1.165, 1.54) is 0 Å². The van der Waals surface area contributed by atoms with Crippen LogP contribution in [0.1, 0.15) is 35.1 Å². The Morgan fingerprint density at radius 2 is 1.12 bits per heavy atom. The minimum absolute atomic E-state index is 0.0181. The molecular weight excluding hydrogens is 532 g/mol. The monoisotopic (exact) mass is 568 g/mol. The maximum absolute atomic E-state index is 11.9. The van der Waals surface area contributed by atoms with E-state index in [0.29, 0.717) is 22.6 Å². The van der Waals surface area contributed by atoms with Crippen LogP contribution in [0.2, 0.25) is 0 Å². The number of ether oxygens (including phenoxy) is 2. The summed E-state index contributed by atoms with van der Waals surface area (Å²) >= 11 is 0. The van der Waals surface area contributed by atoms with E-state index >= 15 is 0 Å². The fourth-order valence-corrected chi connectivity index (χ4v) is 11.0. The number of rotatable bonds is 1. The van der Waals surface area contributed by atoms with Crippen LogP contribution in [0.4, 0.5) is 0 Å². The first-order valence-electron chi connectivity index (χ1n) is 15.5. The van der Waals surface area contributed by atoms with Gasteiger partial charge in [0, 0.05) is 57.0 Å². The minimum atomic E-state index is -0.746. The predicted octanol–water partition coefficient (Wildman–Crippen LogP) is 2.38. The number of benzene rings is 2. The zero-order valence-corrected chi connectivity index (χ0v) is 23.8. The number of piperidine rings is 2. The second-order valence-corrected chi connectivity index (χ2v) is 14.2. The van der Waals surface area contributed by atoms with Crippen molar-refractivity contribution in [3.8, 4) is 34.1 Å². The first-order chi connectivity index (χ1) is 20.3. The van der Waals surface area contributed by atoms with Gasteiger partial charge in [0.25, 0.3) is 0 Å². The number of hydrogen-bond acceptors (Lipinski definition) is 8. The van der Waals surface area contributed by atoms with E-state index in [0.717, 1.165) is 61.0 Å². The van der Waals surface area contributed by atoms with Crippen LogP contribution in [0.3, 0.4) is 0 Å². The number of hydrogen-bond donors (Lipinski definition) is 4. The number of aromatic hydroxyl groups is 2. The van der Waals surface area contributed by atoms with Gasteiger partial charge in [-0.1, -0.05) is 24.3 Å². The molecule has 4 N–H and O–H groups in total. The lowest BCUT2D eigenvalue weighted by Gasteiger charge is -2.56. The summed E-state index contributed by atoms with van der Waals surface area (Å²) in [5.74, 6) is 1.38. The number of nitrogens with zero attached hydrogens (tertiary/aromatic N) is 2. The van der Waals surface area contributed by atoms with Gasteiger partial charge in [-0.2, -0.15) is 0 Å². The zero-order chi connectivity index (χ0) is 28.4. The molecule has 8 aliphatic rings. The van der Waals surface area contributed by atoms with Crippen LogP contribution in [0.25, 0.3) is 11.1 Å². The summed E-state index contributed by atoms with van der Waals surface area (Å²) in [5, 5.41) is 46.0. The highest BCUT2D eigenvalue weighted by atomic mass is 16.5. The number of likely N-dealkylation sites (N-methyl/N-ethyl adjacent to an activating group) is 2. The third kappa shape index (κ3) is 2.48. The molecule has 0 radical (unpaired) electrons. The highest BCUT2D eigenvalue weighted by molar-refractivity contribution is 5.85. The smallest absolute Gasteiger partial charge is 0.166 e. The minimum Gasteiger partial charge on any atom is -0.504 e. The van der Waals surface area contributed by atoms with Crippen molar-refractivity contribution in [2.24, 2.45) is 11.8 Å². The topological polar surface area (TPSA) is 106 Å². The third-order valence-corrected chi connectivity index (χ3v) is 12.8. The Morgan fingerprint density at radius 1 is 0.690 bits per heavy atom. The van der Waals surface area contributed by atoms with Crippen molar-refractivity contribution in [3.05, 3.63) is 58.7 Å². The molecule has 4 heterocycles. The molecule has 4 aliphatic heterocycles. The first kappa shape index (κ1) is 24.4. The second kappa shape index (κ2) is 7.53. The Hall–Kier alpha value is -3.04. The van der Waals surface area contributed by atoms with E-state index in [4.69, 9.17) is 9.47 Å². The quantitative estimate of drug-likeness (QED) is 0.389. The van der Waals surface area contributed by atoms with Gasteiger partial charge >= 0.3 is 0 Å².